The van der Waals surface area contributed by atoms with Gasteiger partial charge in [0, 0.05) is 5.69 Å². The molecule has 0 unspecified atom stereocenters. The van der Waals surface area contributed by atoms with Crippen molar-refractivity contribution in [3.63, 3.8) is 0 Å². The summed E-state index contributed by atoms with van der Waals surface area (Å²) in [5, 5.41) is 8.93. The fourth-order valence-corrected chi connectivity index (χ4v) is 1.68. The Hall–Kier alpha value is -1.61. The van der Waals surface area contributed by atoms with E-state index in [0.717, 1.165) is 0 Å². The van der Waals surface area contributed by atoms with Crippen LogP contribution in [0.2, 0.25) is 0 Å². The Balaban J connectivity index is 3.67. The van der Waals surface area contributed by atoms with Crippen LogP contribution < -0.4 is 10.3 Å². The van der Waals surface area contributed by atoms with Crippen molar-refractivity contribution in [2.45, 2.75) is 6.92 Å². The molecule has 0 aliphatic heterocycles. The van der Waals surface area contributed by atoms with Gasteiger partial charge in [-0.2, -0.15) is 5.26 Å². The number of Topliss-reactive ketones (excluding diaryl/α,β-unsaturated/α-hetero) is 1. The number of ketones is 1. The van der Waals surface area contributed by atoms with Crippen LogP contribution in [0.15, 0.2) is 4.79 Å². The first-order valence-corrected chi connectivity index (χ1v) is 5.49. The van der Waals surface area contributed by atoms with Gasteiger partial charge in [0.2, 0.25) is 0 Å². The number of aromatic amines is 1. The molecule has 0 aliphatic rings. The maximum absolute atomic E-state index is 11.6. The largest absolute Gasteiger partial charge is 0.494 e. The number of methoxy groups -OCH3 is 1. The molecule has 0 aliphatic carbocycles. The van der Waals surface area contributed by atoms with E-state index < -0.39 is 5.56 Å². The Morgan fingerprint density at radius 3 is 2.69 bits per heavy atom. The minimum atomic E-state index is -0.553. The van der Waals surface area contributed by atoms with Gasteiger partial charge in [0.25, 0.3) is 5.56 Å². The summed E-state index contributed by atoms with van der Waals surface area (Å²) in [7, 11) is 1.32. The van der Waals surface area contributed by atoms with Crippen LogP contribution in [0.4, 0.5) is 0 Å². The molecule has 0 spiro atoms. The number of H-pyrrole nitrogens is 1. The highest BCUT2D eigenvalue weighted by Gasteiger charge is 2.20. The first kappa shape index (κ1) is 12.5. The second kappa shape index (κ2) is 4.94. The fourth-order valence-electron chi connectivity index (χ4n) is 1.40. The van der Waals surface area contributed by atoms with Crippen molar-refractivity contribution in [2.75, 3.05) is 12.4 Å². The summed E-state index contributed by atoms with van der Waals surface area (Å²) < 4.78 is 4.97. The number of nitriles is 1. The summed E-state index contributed by atoms with van der Waals surface area (Å²) in [6, 6.07) is 1.73. The van der Waals surface area contributed by atoms with E-state index in [1.54, 1.807) is 13.0 Å². The molecule has 1 heterocycles. The highest BCUT2D eigenvalue weighted by atomic mass is 79.9. The van der Waals surface area contributed by atoms with Crippen LogP contribution in [0.25, 0.3) is 0 Å². The molecule has 0 amide bonds. The smallest absolute Gasteiger partial charge is 0.269 e. The van der Waals surface area contributed by atoms with E-state index in [-0.39, 0.29) is 28.0 Å². The van der Waals surface area contributed by atoms with Crippen LogP contribution in [0.5, 0.6) is 5.75 Å². The highest BCUT2D eigenvalue weighted by Crippen LogP contribution is 2.23. The molecule has 1 rings (SSSR count). The zero-order chi connectivity index (χ0) is 12.3. The van der Waals surface area contributed by atoms with Crippen LogP contribution >= 0.6 is 15.9 Å². The average Bonchev–Trinajstić information content (AvgIpc) is 2.27. The molecule has 0 aromatic carbocycles. The number of carbonyl (C=O) groups excluding carboxylic acids is 1. The third-order valence-corrected chi connectivity index (χ3v) is 2.58. The van der Waals surface area contributed by atoms with Crippen molar-refractivity contribution >= 4 is 21.7 Å². The molecule has 0 atom stereocenters. The average molecular weight is 285 g/mol. The molecule has 6 heteroatoms. The first-order chi connectivity index (χ1) is 7.56. The second-order valence-corrected chi connectivity index (χ2v) is 3.59. The van der Waals surface area contributed by atoms with Gasteiger partial charge < -0.3 is 9.72 Å². The van der Waals surface area contributed by atoms with Crippen LogP contribution in [0.1, 0.15) is 21.6 Å². The number of nitrogens with one attached hydrogen (secondary N) is 1. The summed E-state index contributed by atoms with van der Waals surface area (Å²) in [5.74, 6) is -0.213. The maximum Gasteiger partial charge on any atom is 0.269 e. The van der Waals surface area contributed by atoms with Crippen LogP contribution in [0, 0.1) is 18.3 Å². The van der Waals surface area contributed by atoms with Gasteiger partial charge in [0.15, 0.2) is 17.1 Å². The highest BCUT2D eigenvalue weighted by molar-refractivity contribution is 9.09. The zero-order valence-corrected chi connectivity index (χ0v) is 10.3. The van der Waals surface area contributed by atoms with Crippen molar-refractivity contribution in [1.29, 1.82) is 5.26 Å². The maximum atomic E-state index is 11.6. The first-order valence-electron chi connectivity index (χ1n) is 4.37. The van der Waals surface area contributed by atoms with Crippen molar-refractivity contribution in [2.24, 2.45) is 0 Å². The van der Waals surface area contributed by atoms with Crippen molar-refractivity contribution in [3.8, 4) is 11.8 Å². The van der Waals surface area contributed by atoms with Gasteiger partial charge in [0.05, 0.1) is 18.0 Å². The summed E-state index contributed by atoms with van der Waals surface area (Å²) in [6.07, 6.45) is 0. The summed E-state index contributed by atoms with van der Waals surface area (Å²) in [6.45, 7) is 1.58. The Morgan fingerprint density at radius 1 is 1.62 bits per heavy atom. The van der Waals surface area contributed by atoms with Crippen LogP contribution in [-0.2, 0) is 0 Å². The molecule has 84 valence electrons. The SMILES string of the molecule is COc1c(C(=O)CBr)c(C)[nH]c(=O)c1C#N. The van der Waals surface area contributed by atoms with Gasteiger partial charge in [0.1, 0.15) is 6.07 Å². The number of hydrogen-bond donors (Lipinski definition) is 1. The number of rotatable bonds is 3. The van der Waals surface area contributed by atoms with Crippen LogP contribution in [-0.4, -0.2) is 23.2 Å². The van der Waals surface area contributed by atoms with Crippen LogP contribution in [0.3, 0.4) is 0 Å². The number of aryl methyl sites for hydroxylation is 1. The molecule has 0 saturated heterocycles. The lowest BCUT2D eigenvalue weighted by Crippen LogP contribution is -2.19. The Labute approximate surface area is 100 Å². The summed E-state index contributed by atoms with van der Waals surface area (Å²) in [4.78, 5) is 25.5. The Morgan fingerprint density at radius 2 is 2.25 bits per heavy atom. The van der Waals surface area contributed by atoms with Gasteiger partial charge in [-0.1, -0.05) is 15.9 Å². The standard InChI is InChI=1S/C10H9BrN2O3/c1-5-8(7(14)3-11)9(16-2)6(4-12)10(15)13-5/h3H2,1-2H3,(H,13,15). The third kappa shape index (κ3) is 1.99. The van der Waals surface area contributed by atoms with Gasteiger partial charge in [-0.25, -0.2) is 0 Å². The number of halogens is 1. The van der Waals surface area contributed by atoms with Crippen molar-refractivity contribution < 1.29 is 9.53 Å². The number of carbonyl (C=O) groups is 1. The third-order valence-electron chi connectivity index (χ3n) is 2.07. The molecule has 1 aromatic heterocycles. The number of ether oxygens (including phenoxy) is 1. The zero-order valence-electron chi connectivity index (χ0n) is 8.76. The van der Waals surface area contributed by atoms with Gasteiger partial charge in [-0.05, 0) is 6.92 Å². The molecule has 1 N–H and O–H groups in total. The van der Waals surface area contributed by atoms with E-state index in [2.05, 4.69) is 20.9 Å². The van der Waals surface area contributed by atoms with Gasteiger partial charge >= 0.3 is 0 Å². The number of nitrogens with zero attached hydrogens (tertiary/aromatic N) is 1. The van der Waals surface area contributed by atoms with Crippen molar-refractivity contribution in [1.82, 2.24) is 4.98 Å². The Kier molecular flexibility index (Phi) is 3.85. The minimum Gasteiger partial charge on any atom is -0.494 e. The predicted octanol–water partition coefficient (Wildman–Crippen LogP) is 1.14. The van der Waals surface area contributed by atoms with E-state index in [4.69, 9.17) is 10.00 Å². The monoisotopic (exact) mass is 284 g/mol. The topological polar surface area (TPSA) is 83.0 Å². The normalized spacial score (nSPS) is 9.62. The number of pyridine rings is 1. The molecule has 5 nitrogen and oxygen atoms in total. The van der Waals surface area contributed by atoms with Crippen molar-refractivity contribution in [3.05, 3.63) is 27.2 Å². The Bertz CT molecular complexity index is 528. The fraction of sp³-hybridized carbons (Fsp3) is 0.300. The molecule has 0 saturated carbocycles. The molecular formula is C10H9BrN2O3. The molecular weight excluding hydrogens is 276 g/mol. The van der Waals surface area contributed by atoms with E-state index in [1.165, 1.54) is 7.11 Å². The summed E-state index contributed by atoms with van der Waals surface area (Å²) in [5.41, 5.74) is -0.110. The molecule has 0 radical (unpaired) electrons. The quantitative estimate of drug-likeness (QED) is 0.667. The molecule has 1 aromatic rings. The number of alkyl halides is 1. The molecule has 0 bridgehead atoms. The van der Waals surface area contributed by atoms with Gasteiger partial charge in [-0.3, -0.25) is 9.59 Å². The van der Waals surface area contributed by atoms with E-state index in [0.29, 0.717) is 5.69 Å². The lowest BCUT2D eigenvalue weighted by atomic mass is 10.1. The van der Waals surface area contributed by atoms with Gasteiger partial charge in [-0.15, -0.1) is 0 Å². The minimum absolute atomic E-state index is 0.0354. The molecule has 0 fully saturated rings. The molecule has 16 heavy (non-hydrogen) atoms. The number of aromatic nitrogens is 1. The second-order valence-electron chi connectivity index (χ2n) is 3.03. The lowest BCUT2D eigenvalue weighted by molar-refractivity contribution is 0.101. The predicted molar refractivity (Wildman–Crippen MR) is 61.2 cm³/mol. The van der Waals surface area contributed by atoms with E-state index in [1.807, 2.05) is 0 Å². The number of hydrogen-bond acceptors (Lipinski definition) is 4. The lowest BCUT2D eigenvalue weighted by Gasteiger charge is -2.10. The summed E-state index contributed by atoms with van der Waals surface area (Å²) >= 11 is 3.03. The van der Waals surface area contributed by atoms with E-state index >= 15 is 0 Å². The van der Waals surface area contributed by atoms with E-state index in [9.17, 15) is 9.59 Å².